The van der Waals surface area contributed by atoms with Crippen LogP contribution < -0.4 is 11.3 Å². The summed E-state index contributed by atoms with van der Waals surface area (Å²) < 4.78 is 0. The van der Waals surface area contributed by atoms with E-state index in [0.717, 1.165) is 18.0 Å². The molecule has 0 radical (unpaired) electrons. The molecule has 4 rings (SSSR count). The molecule has 4 heteroatoms. The summed E-state index contributed by atoms with van der Waals surface area (Å²) in [7, 11) is 0. The van der Waals surface area contributed by atoms with Gasteiger partial charge in [0.05, 0.1) is 5.01 Å². The van der Waals surface area contributed by atoms with Gasteiger partial charge >= 0.3 is 0 Å². The summed E-state index contributed by atoms with van der Waals surface area (Å²) in [6.45, 7) is 2.05. The molecule has 1 aromatic heterocycles. The van der Waals surface area contributed by atoms with E-state index in [0.29, 0.717) is 17.9 Å². The van der Waals surface area contributed by atoms with Gasteiger partial charge in [0.2, 0.25) is 0 Å². The van der Waals surface area contributed by atoms with Crippen LogP contribution in [0.4, 0.5) is 0 Å². The maximum Gasteiger partial charge on any atom is 0.0944 e. The Bertz CT molecular complexity index is 651. The summed E-state index contributed by atoms with van der Waals surface area (Å²) in [5, 5.41) is 3.32. The van der Waals surface area contributed by atoms with Crippen LogP contribution >= 0.6 is 11.3 Å². The van der Waals surface area contributed by atoms with Crippen LogP contribution in [0.5, 0.6) is 0 Å². The topological polar surface area (TPSA) is 50.9 Å². The number of rotatable bonds is 4. The Morgan fingerprint density at radius 3 is 3.05 bits per heavy atom. The fourth-order valence-corrected chi connectivity index (χ4v) is 4.99. The normalized spacial score (nSPS) is 27.8. The molecule has 0 bridgehead atoms. The van der Waals surface area contributed by atoms with Gasteiger partial charge in [0.1, 0.15) is 0 Å². The zero-order valence-corrected chi connectivity index (χ0v) is 13.1. The van der Waals surface area contributed by atoms with E-state index < -0.39 is 0 Å². The number of nitrogens with zero attached hydrogens (tertiary/aromatic N) is 1. The van der Waals surface area contributed by atoms with Crippen molar-refractivity contribution >= 4 is 11.3 Å². The molecule has 21 heavy (non-hydrogen) atoms. The Labute approximate surface area is 129 Å². The highest BCUT2D eigenvalue weighted by Crippen LogP contribution is 2.61. The molecule has 1 fully saturated rings. The predicted octanol–water partition coefficient (Wildman–Crippen LogP) is 2.80. The summed E-state index contributed by atoms with van der Waals surface area (Å²) in [4.78, 5) is 4.59. The van der Waals surface area contributed by atoms with E-state index >= 15 is 0 Å². The second-order valence-corrected chi connectivity index (χ2v) is 7.31. The molecule has 2 aromatic rings. The van der Waals surface area contributed by atoms with E-state index in [1.165, 1.54) is 17.8 Å². The number of aryl methyl sites for hydroxylation is 2. The predicted molar refractivity (Wildman–Crippen MR) is 86.2 cm³/mol. The van der Waals surface area contributed by atoms with Gasteiger partial charge in [-0.1, -0.05) is 24.3 Å². The molecular weight excluding hydrogens is 278 g/mol. The van der Waals surface area contributed by atoms with Gasteiger partial charge in [-0.3, -0.25) is 11.3 Å². The number of aromatic nitrogens is 1. The molecule has 4 unspecified atom stereocenters. The maximum absolute atomic E-state index is 5.87. The largest absolute Gasteiger partial charge is 0.271 e. The molecule has 3 nitrogen and oxygen atoms in total. The monoisotopic (exact) mass is 299 g/mol. The molecular formula is C17H21N3S. The number of hydrogen-bond acceptors (Lipinski definition) is 4. The molecule has 4 atom stereocenters. The third-order valence-electron chi connectivity index (χ3n) is 5.13. The van der Waals surface area contributed by atoms with Crippen molar-refractivity contribution in [3.05, 3.63) is 51.5 Å². The van der Waals surface area contributed by atoms with Crippen LogP contribution in [0.2, 0.25) is 0 Å². The quantitative estimate of drug-likeness (QED) is 0.674. The number of nitrogens with two attached hydrogens (primary N) is 1. The second-order valence-electron chi connectivity index (χ2n) is 6.36. The first kappa shape index (κ1) is 13.4. The third kappa shape index (κ3) is 2.31. The molecule has 1 saturated carbocycles. The van der Waals surface area contributed by atoms with Gasteiger partial charge in [0.15, 0.2) is 0 Å². The van der Waals surface area contributed by atoms with Crippen LogP contribution in [0.3, 0.4) is 0 Å². The Morgan fingerprint density at radius 1 is 1.43 bits per heavy atom. The van der Waals surface area contributed by atoms with Crippen molar-refractivity contribution in [1.82, 2.24) is 10.4 Å². The van der Waals surface area contributed by atoms with Gasteiger partial charge in [-0.25, -0.2) is 4.98 Å². The number of fused-ring (bicyclic) bond motifs is 3. The highest BCUT2D eigenvalue weighted by atomic mass is 32.1. The Balaban J connectivity index is 1.54. The summed E-state index contributed by atoms with van der Waals surface area (Å²) in [5.41, 5.74) is 7.30. The Kier molecular flexibility index (Phi) is 3.32. The molecule has 0 aliphatic heterocycles. The van der Waals surface area contributed by atoms with Crippen molar-refractivity contribution in [3.63, 3.8) is 0 Å². The van der Waals surface area contributed by atoms with Gasteiger partial charge in [-0.15, -0.1) is 11.3 Å². The standard InChI is InChI=1S/C17H21N3S/c1-10-9-21-15(19-10)8-14(20-18)17-13-7-6-11-4-2-3-5-12(11)16(13)17/h2-5,9,13-14,16-17,20H,6-8,18H2,1H3. The van der Waals surface area contributed by atoms with Gasteiger partial charge in [0.25, 0.3) is 0 Å². The Hall–Kier alpha value is -1.23. The highest BCUT2D eigenvalue weighted by Gasteiger charge is 2.56. The SMILES string of the molecule is Cc1csc(CC(NN)C2C3CCc4ccccc4C32)n1. The van der Waals surface area contributed by atoms with E-state index in [9.17, 15) is 0 Å². The van der Waals surface area contributed by atoms with Crippen LogP contribution in [0.1, 0.15) is 34.2 Å². The van der Waals surface area contributed by atoms with Crippen LogP contribution in [0.25, 0.3) is 0 Å². The number of hydrazine groups is 1. The zero-order chi connectivity index (χ0) is 14.4. The lowest BCUT2D eigenvalue weighted by atomic mass is 9.92. The lowest BCUT2D eigenvalue weighted by molar-refractivity contribution is 0.440. The van der Waals surface area contributed by atoms with E-state index in [1.54, 1.807) is 22.5 Å². The van der Waals surface area contributed by atoms with E-state index in [-0.39, 0.29) is 0 Å². The Morgan fingerprint density at radius 2 is 2.29 bits per heavy atom. The van der Waals surface area contributed by atoms with Crippen molar-refractivity contribution in [2.24, 2.45) is 17.7 Å². The van der Waals surface area contributed by atoms with Gasteiger partial charge in [-0.2, -0.15) is 0 Å². The van der Waals surface area contributed by atoms with Crippen molar-refractivity contribution < 1.29 is 0 Å². The molecule has 110 valence electrons. The maximum atomic E-state index is 5.87. The first-order chi connectivity index (χ1) is 10.3. The van der Waals surface area contributed by atoms with Crippen LogP contribution in [0, 0.1) is 18.8 Å². The van der Waals surface area contributed by atoms with Crippen molar-refractivity contribution in [3.8, 4) is 0 Å². The highest BCUT2D eigenvalue weighted by molar-refractivity contribution is 7.09. The van der Waals surface area contributed by atoms with Crippen molar-refractivity contribution in [2.75, 3.05) is 0 Å². The van der Waals surface area contributed by atoms with Crippen molar-refractivity contribution in [1.29, 1.82) is 0 Å². The van der Waals surface area contributed by atoms with Gasteiger partial charge < -0.3 is 0 Å². The van der Waals surface area contributed by atoms with Crippen LogP contribution in [-0.2, 0) is 12.8 Å². The first-order valence-electron chi connectivity index (χ1n) is 7.73. The van der Waals surface area contributed by atoms with E-state index in [2.05, 4.69) is 47.0 Å². The fourth-order valence-electron chi connectivity index (χ4n) is 4.16. The summed E-state index contributed by atoms with van der Waals surface area (Å²) in [6, 6.07) is 9.28. The van der Waals surface area contributed by atoms with Gasteiger partial charge in [0, 0.05) is 23.5 Å². The smallest absolute Gasteiger partial charge is 0.0944 e. The van der Waals surface area contributed by atoms with Crippen LogP contribution in [-0.4, -0.2) is 11.0 Å². The minimum absolute atomic E-state index is 0.344. The molecule has 0 spiro atoms. The minimum Gasteiger partial charge on any atom is -0.271 e. The average Bonchev–Trinajstić information content (AvgIpc) is 3.11. The fraction of sp³-hybridized carbons (Fsp3) is 0.471. The third-order valence-corrected chi connectivity index (χ3v) is 6.12. The van der Waals surface area contributed by atoms with E-state index in [1.807, 2.05) is 0 Å². The lowest BCUT2D eigenvalue weighted by Gasteiger charge is -2.15. The molecule has 1 heterocycles. The second kappa shape index (κ2) is 5.20. The molecule has 2 aliphatic rings. The average molecular weight is 299 g/mol. The molecule has 0 amide bonds. The first-order valence-corrected chi connectivity index (χ1v) is 8.61. The number of hydrogen-bond donors (Lipinski definition) is 2. The number of thiazole rings is 1. The van der Waals surface area contributed by atoms with E-state index in [4.69, 9.17) is 5.84 Å². The summed E-state index contributed by atoms with van der Waals surface area (Å²) in [5.74, 6) is 8.05. The molecule has 3 N–H and O–H groups in total. The minimum atomic E-state index is 0.344. The molecule has 1 aromatic carbocycles. The summed E-state index contributed by atoms with van der Waals surface area (Å²) in [6.07, 6.45) is 3.48. The van der Waals surface area contributed by atoms with Gasteiger partial charge in [-0.05, 0) is 48.6 Å². The summed E-state index contributed by atoms with van der Waals surface area (Å²) >= 11 is 1.75. The van der Waals surface area contributed by atoms with Crippen LogP contribution in [0.15, 0.2) is 29.6 Å². The number of nitrogens with one attached hydrogen (secondary N) is 1. The molecule has 2 aliphatic carbocycles. The molecule has 0 saturated heterocycles. The van der Waals surface area contributed by atoms with Crippen molar-refractivity contribution in [2.45, 2.75) is 38.1 Å². The number of benzene rings is 1. The zero-order valence-electron chi connectivity index (χ0n) is 12.3. The lowest BCUT2D eigenvalue weighted by Crippen LogP contribution is -2.39.